The monoisotopic (exact) mass is 751 g/mol. The van der Waals surface area contributed by atoms with E-state index >= 15 is 0 Å². The Labute approximate surface area is 342 Å². The molecule has 0 N–H and O–H groups in total. The van der Waals surface area contributed by atoms with Gasteiger partial charge in [0.05, 0.1) is 5.41 Å². The van der Waals surface area contributed by atoms with E-state index in [-0.39, 0.29) is 0 Å². The third-order valence-electron chi connectivity index (χ3n) is 12.5. The van der Waals surface area contributed by atoms with E-state index in [1.165, 1.54) is 66.1 Å². The predicted molar refractivity (Wildman–Crippen MR) is 246 cm³/mol. The van der Waals surface area contributed by atoms with E-state index in [0.717, 1.165) is 39.0 Å². The van der Waals surface area contributed by atoms with Crippen LogP contribution in [0.15, 0.2) is 229 Å². The molecule has 1 aliphatic rings. The van der Waals surface area contributed by atoms with Gasteiger partial charge in [-0.2, -0.15) is 0 Å². The van der Waals surface area contributed by atoms with Gasteiger partial charge in [-0.1, -0.05) is 176 Å². The highest BCUT2D eigenvalue weighted by molar-refractivity contribution is 6.27. The molecule has 0 unspecified atom stereocenters. The van der Waals surface area contributed by atoms with E-state index in [1.807, 2.05) is 0 Å². The summed E-state index contributed by atoms with van der Waals surface area (Å²) in [7, 11) is 0. The third kappa shape index (κ3) is 5.06. The largest absolute Gasteiger partial charge is 0.456 e. The average molecular weight is 752 g/mol. The van der Waals surface area contributed by atoms with Crippen LogP contribution in [-0.2, 0) is 5.41 Å². The molecule has 0 radical (unpaired) electrons. The lowest BCUT2D eigenvalue weighted by atomic mass is 9.67. The summed E-state index contributed by atoms with van der Waals surface area (Å²) in [4.78, 5) is 2.42. The van der Waals surface area contributed by atoms with Crippen LogP contribution in [0.1, 0.15) is 22.3 Å². The normalized spacial score (nSPS) is 12.9. The number of nitrogens with zero attached hydrogens (tertiary/aromatic N) is 1. The van der Waals surface area contributed by atoms with Crippen LogP contribution in [0.5, 0.6) is 0 Å². The minimum atomic E-state index is -0.516. The highest BCUT2D eigenvalue weighted by Crippen LogP contribution is 2.57. The summed E-state index contributed by atoms with van der Waals surface area (Å²) in [6.45, 7) is 0. The molecule has 2 heteroatoms. The molecule has 0 fully saturated rings. The molecule has 0 amide bonds. The van der Waals surface area contributed by atoms with Crippen molar-refractivity contribution >= 4 is 60.5 Å². The molecule has 276 valence electrons. The summed E-state index contributed by atoms with van der Waals surface area (Å²) >= 11 is 0. The molecule has 11 aromatic rings. The van der Waals surface area contributed by atoms with Gasteiger partial charge in [0.15, 0.2) is 0 Å². The van der Waals surface area contributed by atoms with Gasteiger partial charge in [-0.25, -0.2) is 0 Å². The first-order valence-electron chi connectivity index (χ1n) is 20.3. The van der Waals surface area contributed by atoms with Crippen molar-refractivity contribution < 1.29 is 4.42 Å². The molecule has 0 spiro atoms. The summed E-state index contributed by atoms with van der Waals surface area (Å²) in [6.07, 6.45) is 0. The molecule has 1 aliphatic carbocycles. The first-order valence-corrected chi connectivity index (χ1v) is 20.3. The van der Waals surface area contributed by atoms with E-state index in [0.29, 0.717) is 0 Å². The molecule has 0 bridgehead atoms. The Morgan fingerprint density at radius 3 is 1.68 bits per heavy atom. The van der Waals surface area contributed by atoms with E-state index < -0.39 is 5.41 Å². The van der Waals surface area contributed by atoms with Crippen LogP contribution >= 0.6 is 0 Å². The fraction of sp³-hybridized carbons (Fsp3) is 0.0175. The van der Waals surface area contributed by atoms with Crippen LogP contribution in [-0.4, -0.2) is 0 Å². The molecular weight excluding hydrogens is 715 g/mol. The number of anilines is 3. The Morgan fingerprint density at radius 1 is 0.339 bits per heavy atom. The second-order valence-electron chi connectivity index (χ2n) is 15.6. The molecule has 1 aromatic heterocycles. The Kier molecular flexibility index (Phi) is 7.48. The summed E-state index contributed by atoms with van der Waals surface area (Å²) in [6, 6.07) is 81.8. The van der Waals surface area contributed by atoms with Gasteiger partial charge in [-0.3, -0.25) is 0 Å². The van der Waals surface area contributed by atoms with Crippen molar-refractivity contribution in [2.45, 2.75) is 5.41 Å². The van der Waals surface area contributed by atoms with Gasteiger partial charge in [0.25, 0.3) is 0 Å². The number of rotatable bonds is 6. The van der Waals surface area contributed by atoms with E-state index in [1.54, 1.807) is 0 Å². The average Bonchev–Trinajstić information content (AvgIpc) is 3.83. The third-order valence-corrected chi connectivity index (χ3v) is 12.5. The number of hydrogen-bond donors (Lipinski definition) is 0. The Bertz CT molecular complexity index is 3330. The smallest absolute Gasteiger partial charge is 0.136 e. The summed E-state index contributed by atoms with van der Waals surface area (Å²) in [5.74, 6) is 0. The molecule has 0 atom stereocenters. The zero-order valence-corrected chi connectivity index (χ0v) is 32.2. The summed E-state index contributed by atoms with van der Waals surface area (Å²) < 4.78 is 6.62. The van der Waals surface area contributed by atoms with Gasteiger partial charge in [0.1, 0.15) is 11.2 Å². The zero-order valence-electron chi connectivity index (χ0n) is 32.2. The van der Waals surface area contributed by atoms with Gasteiger partial charge in [-0.05, 0) is 109 Å². The van der Waals surface area contributed by atoms with Crippen molar-refractivity contribution in [3.8, 4) is 22.3 Å². The molecule has 1 heterocycles. The molecule has 10 aromatic carbocycles. The van der Waals surface area contributed by atoms with Crippen molar-refractivity contribution in [1.29, 1.82) is 0 Å². The summed E-state index contributed by atoms with van der Waals surface area (Å²) in [5, 5.41) is 7.12. The van der Waals surface area contributed by atoms with Gasteiger partial charge < -0.3 is 9.32 Å². The zero-order chi connectivity index (χ0) is 38.9. The first kappa shape index (κ1) is 33.5. The second kappa shape index (κ2) is 13.2. The second-order valence-corrected chi connectivity index (χ2v) is 15.6. The van der Waals surface area contributed by atoms with Crippen LogP contribution < -0.4 is 4.90 Å². The van der Waals surface area contributed by atoms with Crippen LogP contribution in [0.25, 0.3) is 65.7 Å². The SMILES string of the molecule is c1ccc(-c2ccc(N(c3ccc4c(c3)C(c3ccccc3)(c3ccccc3)c3ccccc3-4)c3ccc4oc5ccc6ccc7ccccc7c6c5c4c3)cc2)cc1. The van der Waals surface area contributed by atoms with E-state index in [9.17, 15) is 0 Å². The van der Waals surface area contributed by atoms with Crippen molar-refractivity contribution in [2.75, 3.05) is 4.90 Å². The first-order chi connectivity index (χ1) is 29.3. The fourth-order valence-corrected chi connectivity index (χ4v) is 9.94. The van der Waals surface area contributed by atoms with Crippen LogP contribution in [0.2, 0.25) is 0 Å². The highest BCUT2D eigenvalue weighted by Gasteiger charge is 2.46. The number of fused-ring (bicyclic) bond motifs is 10. The maximum atomic E-state index is 6.62. The predicted octanol–water partition coefficient (Wildman–Crippen LogP) is 15.4. The molecular formula is C57H37NO. The van der Waals surface area contributed by atoms with Crippen LogP contribution in [0.4, 0.5) is 17.1 Å². The summed E-state index contributed by atoms with van der Waals surface area (Å²) in [5.41, 5.74) is 14.4. The van der Waals surface area contributed by atoms with Gasteiger partial charge in [-0.15, -0.1) is 0 Å². The fourth-order valence-electron chi connectivity index (χ4n) is 9.94. The van der Waals surface area contributed by atoms with E-state index in [4.69, 9.17) is 4.42 Å². The highest BCUT2D eigenvalue weighted by atomic mass is 16.3. The van der Waals surface area contributed by atoms with Crippen molar-refractivity contribution in [3.05, 3.63) is 247 Å². The minimum Gasteiger partial charge on any atom is -0.456 e. The van der Waals surface area contributed by atoms with Crippen LogP contribution in [0, 0.1) is 0 Å². The van der Waals surface area contributed by atoms with Gasteiger partial charge in [0, 0.05) is 33.2 Å². The maximum Gasteiger partial charge on any atom is 0.136 e. The molecule has 0 saturated heterocycles. The lowest BCUT2D eigenvalue weighted by molar-refractivity contribution is 0.669. The van der Waals surface area contributed by atoms with Crippen molar-refractivity contribution in [1.82, 2.24) is 0 Å². The lowest BCUT2D eigenvalue weighted by Gasteiger charge is -2.35. The topological polar surface area (TPSA) is 16.4 Å². The van der Waals surface area contributed by atoms with Crippen molar-refractivity contribution in [2.24, 2.45) is 0 Å². The van der Waals surface area contributed by atoms with Crippen LogP contribution in [0.3, 0.4) is 0 Å². The molecule has 59 heavy (non-hydrogen) atoms. The molecule has 12 rings (SSSR count). The number of hydrogen-bond acceptors (Lipinski definition) is 2. The lowest BCUT2D eigenvalue weighted by Crippen LogP contribution is -2.28. The molecule has 0 aliphatic heterocycles. The molecule has 2 nitrogen and oxygen atoms in total. The van der Waals surface area contributed by atoms with Gasteiger partial charge >= 0.3 is 0 Å². The maximum absolute atomic E-state index is 6.62. The Balaban J connectivity index is 1.13. The standard InChI is InChI=1S/C57H37NO/c1-4-14-38(15-5-1)39-26-29-44(30-27-39)58(45-32-35-53-50(36-45)56-54(59-53)34-28-41-25-24-40-16-10-11-21-47(40)55(41)56)46-31-33-49-48-22-12-13-23-51(48)57(52(49)37-46,42-17-6-2-7-18-42)43-19-8-3-9-20-43/h1-37H. The Hall–Kier alpha value is -7.68. The number of furan rings is 1. The Morgan fingerprint density at radius 2 is 0.898 bits per heavy atom. The number of benzene rings is 10. The van der Waals surface area contributed by atoms with Crippen molar-refractivity contribution in [3.63, 3.8) is 0 Å². The van der Waals surface area contributed by atoms with E-state index in [2.05, 4.69) is 229 Å². The van der Waals surface area contributed by atoms with Gasteiger partial charge in [0.2, 0.25) is 0 Å². The minimum absolute atomic E-state index is 0.516. The molecule has 0 saturated carbocycles. The quantitative estimate of drug-likeness (QED) is 0.157.